The van der Waals surface area contributed by atoms with E-state index in [9.17, 15) is 4.79 Å². The van der Waals surface area contributed by atoms with Gasteiger partial charge in [-0.05, 0) is 42.0 Å². The van der Waals surface area contributed by atoms with Gasteiger partial charge in [0.1, 0.15) is 5.75 Å². The number of nitrogens with zero attached hydrogens (tertiary/aromatic N) is 2. The summed E-state index contributed by atoms with van der Waals surface area (Å²) in [7, 11) is 0. The van der Waals surface area contributed by atoms with Gasteiger partial charge in [0.15, 0.2) is 5.78 Å². The Balaban J connectivity index is 1.47. The van der Waals surface area contributed by atoms with Gasteiger partial charge in [-0.3, -0.25) is 14.8 Å². The van der Waals surface area contributed by atoms with Crippen LogP contribution in [0.25, 0.3) is 11.6 Å². The zero-order valence-electron chi connectivity index (χ0n) is 13.6. The topological polar surface area (TPSA) is 52.1 Å². The van der Waals surface area contributed by atoms with Crippen molar-refractivity contribution >= 4 is 17.4 Å². The highest BCUT2D eigenvalue weighted by atomic mass is 16.5. The first-order chi connectivity index (χ1) is 12.3. The van der Waals surface area contributed by atoms with Crippen LogP contribution in [0.3, 0.4) is 0 Å². The number of carbonyl (C=O) groups excluding carboxylic acids is 1. The van der Waals surface area contributed by atoms with Crippen LogP contribution in [0.15, 0.2) is 67.1 Å². The molecule has 1 aliphatic carbocycles. The van der Waals surface area contributed by atoms with E-state index >= 15 is 0 Å². The number of allylic oxidation sites excluding steroid dienone is 1. The maximum absolute atomic E-state index is 12.7. The van der Waals surface area contributed by atoms with E-state index in [-0.39, 0.29) is 5.78 Å². The van der Waals surface area contributed by atoms with Gasteiger partial charge in [-0.25, -0.2) is 0 Å². The molecule has 4 heteroatoms. The number of hydrogen-bond donors (Lipinski definition) is 0. The third kappa shape index (κ3) is 3.19. The van der Waals surface area contributed by atoms with Crippen molar-refractivity contribution in [2.24, 2.45) is 0 Å². The predicted molar refractivity (Wildman–Crippen MR) is 96.3 cm³/mol. The standard InChI is InChI=1S/C21H16N2O2/c24-21-19(16-4-3-9-22-14-16)12-15-6-7-18(13-20(15)21)25-11-8-17-5-1-2-10-23-17/h1-7,9-10,12-14H,8,11H2. The minimum Gasteiger partial charge on any atom is -0.493 e. The molecule has 122 valence electrons. The summed E-state index contributed by atoms with van der Waals surface area (Å²) >= 11 is 0. The number of ether oxygens (including phenoxy) is 1. The summed E-state index contributed by atoms with van der Waals surface area (Å²) in [6, 6.07) is 15.2. The third-order valence-electron chi connectivity index (χ3n) is 4.14. The number of hydrogen-bond acceptors (Lipinski definition) is 4. The second-order valence-corrected chi connectivity index (χ2v) is 5.80. The second kappa shape index (κ2) is 6.69. The first kappa shape index (κ1) is 15.3. The maximum atomic E-state index is 12.7. The Bertz CT molecular complexity index is 935. The Morgan fingerprint density at radius 2 is 1.96 bits per heavy atom. The fourth-order valence-electron chi connectivity index (χ4n) is 2.87. The molecule has 0 saturated heterocycles. The zero-order valence-corrected chi connectivity index (χ0v) is 13.6. The van der Waals surface area contributed by atoms with Gasteiger partial charge in [0.05, 0.1) is 6.61 Å². The van der Waals surface area contributed by atoms with Crippen LogP contribution in [0.4, 0.5) is 0 Å². The van der Waals surface area contributed by atoms with Gasteiger partial charge in [-0.1, -0.05) is 18.2 Å². The number of ketones is 1. The molecule has 0 amide bonds. The molecule has 4 rings (SSSR count). The lowest BCUT2D eigenvalue weighted by atomic mass is 10.0. The van der Waals surface area contributed by atoms with E-state index in [1.807, 2.05) is 54.6 Å². The molecule has 0 spiro atoms. The summed E-state index contributed by atoms with van der Waals surface area (Å²) in [5, 5.41) is 0. The van der Waals surface area contributed by atoms with Crippen LogP contribution in [0, 0.1) is 0 Å². The minimum atomic E-state index is 0.0122. The summed E-state index contributed by atoms with van der Waals surface area (Å²) in [6.07, 6.45) is 7.82. The largest absolute Gasteiger partial charge is 0.493 e. The van der Waals surface area contributed by atoms with Crippen molar-refractivity contribution < 1.29 is 9.53 Å². The van der Waals surface area contributed by atoms with Crippen molar-refractivity contribution in [2.45, 2.75) is 6.42 Å². The van der Waals surface area contributed by atoms with E-state index in [4.69, 9.17) is 4.74 Å². The van der Waals surface area contributed by atoms with Crippen LogP contribution in [-0.4, -0.2) is 22.4 Å². The molecule has 3 aromatic rings. The van der Waals surface area contributed by atoms with Crippen molar-refractivity contribution in [2.75, 3.05) is 6.61 Å². The molecule has 0 unspecified atom stereocenters. The summed E-state index contributed by atoms with van der Waals surface area (Å²) < 4.78 is 5.80. The molecule has 0 atom stereocenters. The first-order valence-corrected chi connectivity index (χ1v) is 8.15. The SMILES string of the molecule is O=C1C(c2cccnc2)=Cc2ccc(OCCc3ccccn3)cc21. The van der Waals surface area contributed by atoms with E-state index in [1.165, 1.54) is 0 Å². The molecule has 0 N–H and O–H groups in total. The highest BCUT2D eigenvalue weighted by Crippen LogP contribution is 2.33. The molecule has 0 aliphatic heterocycles. The number of carbonyl (C=O) groups is 1. The molecule has 2 aromatic heterocycles. The molecular weight excluding hydrogens is 312 g/mol. The first-order valence-electron chi connectivity index (χ1n) is 8.15. The summed E-state index contributed by atoms with van der Waals surface area (Å²) in [6.45, 7) is 0.521. The number of aromatic nitrogens is 2. The molecule has 2 heterocycles. The predicted octanol–water partition coefficient (Wildman–Crippen LogP) is 3.84. The number of pyridine rings is 2. The van der Waals surface area contributed by atoms with E-state index in [1.54, 1.807) is 18.6 Å². The van der Waals surface area contributed by atoms with Crippen molar-refractivity contribution in [3.63, 3.8) is 0 Å². The van der Waals surface area contributed by atoms with Gasteiger partial charge in [0.25, 0.3) is 0 Å². The fourth-order valence-corrected chi connectivity index (χ4v) is 2.87. The molecular formula is C21H16N2O2. The maximum Gasteiger partial charge on any atom is 0.194 e. The molecule has 25 heavy (non-hydrogen) atoms. The summed E-state index contributed by atoms with van der Waals surface area (Å²) in [5.74, 6) is 0.710. The van der Waals surface area contributed by atoms with Gasteiger partial charge in [0, 0.05) is 47.4 Å². The molecule has 1 aliphatic rings. The van der Waals surface area contributed by atoms with Crippen molar-refractivity contribution in [1.82, 2.24) is 9.97 Å². The van der Waals surface area contributed by atoms with Crippen molar-refractivity contribution in [3.05, 3.63) is 89.5 Å². The molecule has 1 aromatic carbocycles. The minimum absolute atomic E-state index is 0.0122. The number of fused-ring (bicyclic) bond motifs is 1. The second-order valence-electron chi connectivity index (χ2n) is 5.80. The van der Waals surface area contributed by atoms with Crippen LogP contribution in [0.1, 0.15) is 27.2 Å². The quantitative estimate of drug-likeness (QED) is 0.714. The highest BCUT2D eigenvalue weighted by Gasteiger charge is 2.24. The van der Waals surface area contributed by atoms with Crippen LogP contribution in [-0.2, 0) is 6.42 Å². The normalized spacial score (nSPS) is 12.6. The number of Topliss-reactive ketones (excluding diaryl/α,β-unsaturated/α-hetero) is 1. The van der Waals surface area contributed by atoms with E-state index in [0.29, 0.717) is 23.5 Å². The van der Waals surface area contributed by atoms with Crippen molar-refractivity contribution in [3.8, 4) is 5.75 Å². The summed E-state index contributed by atoms with van der Waals surface area (Å²) in [5.41, 5.74) is 4.09. The Hall–Kier alpha value is -3.27. The van der Waals surface area contributed by atoms with Gasteiger partial charge in [0.2, 0.25) is 0 Å². The van der Waals surface area contributed by atoms with E-state index in [0.717, 1.165) is 23.2 Å². The van der Waals surface area contributed by atoms with Gasteiger partial charge in [-0.15, -0.1) is 0 Å². The lowest BCUT2D eigenvalue weighted by molar-refractivity contribution is 0.105. The Morgan fingerprint density at radius 1 is 1.00 bits per heavy atom. The number of benzene rings is 1. The average Bonchev–Trinajstić information content (AvgIpc) is 3.00. The van der Waals surface area contributed by atoms with Crippen LogP contribution < -0.4 is 4.74 Å². The molecule has 0 saturated carbocycles. The van der Waals surface area contributed by atoms with Gasteiger partial charge >= 0.3 is 0 Å². The van der Waals surface area contributed by atoms with Crippen molar-refractivity contribution in [1.29, 1.82) is 0 Å². The average molecular weight is 328 g/mol. The van der Waals surface area contributed by atoms with E-state index < -0.39 is 0 Å². The van der Waals surface area contributed by atoms with Crippen LogP contribution in [0.2, 0.25) is 0 Å². The van der Waals surface area contributed by atoms with Crippen LogP contribution >= 0.6 is 0 Å². The zero-order chi connectivity index (χ0) is 17.1. The Kier molecular flexibility index (Phi) is 4.09. The molecule has 4 nitrogen and oxygen atoms in total. The third-order valence-corrected chi connectivity index (χ3v) is 4.14. The summed E-state index contributed by atoms with van der Waals surface area (Å²) in [4.78, 5) is 21.0. The Morgan fingerprint density at radius 3 is 2.76 bits per heavy atom. The Labute approximate surface area is 145 Å². The molecule has 0 fully saturated rings. The van der Waals surface area contributed by atoms with Crippen LogP contribution in [0.5, 0.6) is 5.75 Å². The molecule has 0 bridgehead atoms. The monoisotopic (exact) mass is 328 g/mol. The highest BCUT2D eigenvalue weighted by molar-refractivity contribution is 6.37. The number of rotatable bonds is 5. The molecule has 0 radical (unpaired) electrons. The van der Waals surface area contributed by atoms with E-state index in [2.05, 4.69) is 9.97 Å². The lowest BCUT2D eigenvalue weighted by Gasteiger charge is -2.07. The smallest absolute Gasteiger partial charge is 0.194 e. The fraction of sp³-hybridized carbons (Fsp3) is 0.0952. The lowest BCUT2D eigenvalue weighted by Crippen LogP contribution is -2.04. The van der Waals surface area contributed by atoms with Gasteiger partial charge < -0.3 is 4.74 Å². The van der Waals surface area contributed by atoms with Gasteiger partial charge in [-0.2, -0.15) is 0 Å².